The zero-order valence-electron chi connectivity index (χ0n) is 16.9. The first-order chi connectivity index (χ1) is 14.5. The zero-order chi connectivity index (χ0) is 21.1. The van der Waals surface area contributed by atoms with Crippen molar-refractivity contribution in [2.24, 2.45) is 0 Å². The fraction of sp³-hybridized carbons (Fsp3) is 0.261. The van der Waals surface area contributed by atoms with Crippen LogP contribution in [0.1, 0.15) is 49.0 Å². The Bertz CT molecular complexity index is 1130. The molecule has 7 nitrogen and oxygen atoms in total. The molecular weight excluding hydrogens is 382 g/mol. The average molecular weight is 405 g/mol. The number of carboxylic acids is 1. The molecule has 0 aliphatic rings. The molecule has 0 aliphatic carbocycles. The van der Waals surface area contributed by atoms with Gasteiger partial charge in [0.15, 0.2) is 0 Å². The summed E-state index contributed by atoms with van der Waals surface area (Å²) in [5.41, 5.74) is 3.43. The van der Waals surface area contributed by atoms with Crippen molar-refractivity contribution in [3.05, 3.63) is 77.8 Å². The van der Waals surface area contributed by atoms with Gasteiger partial charge in [-0.15, -0.1) is 0 Å². The average Bonchev–Trinajstić information content (AvgIpc) is 3.40. The maximum atomic E-state index is 11.2. The van der Waals surface area contributed by atoms with Gasteiger partial charge in [-0.2, -0.15) is 5.10 Å². The standard InChI is InChI=1S/C23H23N3O4/c1-15(2)26-13-18-4-3-16(11-22(18)24-26)14-29-19-7-5-17(6-8-19)20(12-23(27)28)21-9-10-30-25-21/h3-11,13,15,20H,12,14H2,1-2H3,(H,27,28)/t20-/m0/s1. The molecule has 1 N–H and O–H groups in total. The molecule has 2 heterocycles. The van der Waals surface area contributed by atoms with Gasteiger partial charge in [-0.3, -0.25) is 9.48 Å². The Labute approximate surface area is 173 Å². The molecule has 30 heavy (non-hydrogen) atoms. The number of rotatable bonds is 8. The molecule has 0 aliphatic heterocycles. The van der Waals surface area contributed by atoms with Gasteiger partial charge in [0.2, 0.25) is 0 Å². The Morgan fingerprint density at radius 3 is 2.63 bits per heavy atom. The van der Waals surface area contributed by atoms with E-state index in [1.54, 1.807) is 6.07 Å². The normalized spacial score (nSPS) is 12.4. The van der Waals surface area contributed by atoms with Gasteiger partial charge >= 0.3 is 5.97 Å². The number of fused-ring (bicyclic) bond motifs is 1. The van der Waals surface area contributed by atoms with E-state index in [2.05, 4.69) is 30.2 Å². The molecule has 0 bridgehead atoms. The first kappa shape index (κ1) is 19.7. The lowest BCUT2D eigenvalue weighted by atomic mass is 9.92. The Kier molecular flexibility index (Phi) is 5.52. The second-order valence-electron chi connectivity index (χ2n) is 7.53. The summed E-state index contributed by atoms with van der Waals surface area (Å²) in [6.07, 6.45) is 3.43. The molecule has 2 aromatic carbocycles. The summed E-state index contributed by atoms with van der Waals surface area (Å²) in [5.74, 6) is -0.548. The first-order valence-electron chi connectivity index (χ1n) is 9.82. The third kappa shape index (κ3) is 4.35. The Morgan fingerprint density at radius 1 is 1.17 bits per heavy atom. The van der Waals surface area contributed by atoms with Gasteiger partial charge in [0.1, 0.15) is 18.6 Å². The maximum Gasteiger partial charge on any atom is 0.304 e. The highest BCUT2D eigenvalue weighted by Gasteiger charge is 2.20. The molecule has 0 radical (unpaired) electrons. The molecule has 154 valence electrons. The number of nitrogens with zero attached hydrogens (tertiary/aromatic N) is 3. The van der Waals surface area contributed by atoms with Crippen molar-refractivity contribution < 1.29 is 19.2 Å². The van der Waals surface area contributed by atoms with Crippen molar-refractivity contribution >= 4 is 16.9 Å². The minimum Gasteiger partial charge on any atom is -0.489 e. The van der Waals surface area contributed by atoms with Crippen molar-refractivity contribution in [3.8, 4) is 5.75 Å². The molecule has 0 spiro atoms. The van der Waals surface area contributed by atoms with Crippen LogP contribution < -0.4 is 4.74 Å². The van der Waals surface area contributed by atoms with Crippen molar-refractivity contribution in [1.29, 1.82) is 0 Å². The maximum absolute atomic E-state index is 11.2. The molecule has 4 aromatic rings. The van der Waals surface area contributed by atoms with E-state index in [0.717, 1.165) is 22.0 Å². The van der Waals surface area contributed by atoms with E-state index in [4.69, 9.17) is 9.26 Å². The van der Waals surface area contributed by atoms with Gasteiger partial charge < -0.3 is 14.4 Å². The second kappa shape index (κ2) is 8.41. The van der Waals surface area contributed by atoms with E-state index in [9.17, 15) is 9.90 Å². The van der Waals surface area contributed by atoms with Crippen molar-refractivity contribution in [1.82, 2.24) is 14.9 Å². The molecule has 0 amide bonds. The van der Waals surface area contributed by atoms with Crippen molar-refractivity contribution in [2.75, 3.05) is 0 Å². The van der Waals surface area contributed by atoms with Crippen molar-refractivity contribution in [2.45, 2.75) is 38.8 Å². The van der Waals surface area contributed by atoms with Crippen LogP contribution in [0.2, 0.25) is 0 Å². The SMILES string of the molecule is CC(C)n1cc2ccc(COc3ccc([C@H](CC(=O)O)c4ccon4)cc3)cc2n1. The quantitative estimate of drug-likeness (QED) is 0.453. The van der Waals surface area contributed by atoms with E-state index in [-0.39, 0.29) is 12.3 Å². The van der Waals surface area contributed by atoms with Crippen LogP contribution in [0.4, 0.5) is 0 Å². The summed E-state index contributed by atoms with van der Waals surface area (Å²) in [6.45, 7) is 4.62. The molecular formula is C23H23N3O4. The van der Waals surface area contributed by atoms with E-state index >= 15 is 0 Å². The van der Waals surface area contributed by atoms with Crippen LogP contribution in [0.15, 0.2) is 65.5 Å². The monoisotopic (exact) mass is 405 g/mol. The number of carboxylic acid groups (broad SMARTS) is 1. The van der Waals surface area contributed by atoms with E-state index in [0.29, 0.717) is 24.1 Å². The highest BCUT2D eigenvalue weighted by Crippen LogP contribution is 2.28. The molecule has 1 atom stereocenters. The lowest BCUT2D eigenvalue weighted by Crippen LogP contribution is -2.08. The van der Waals surface area contributed by atoms with Gasteiger partial charge in [0.05, 0.1) is 17.6 Å². The molecule has 0 saturated heterocycles. The molecule has 0 fully saturated rings. The number of carbonyl (C=O) groups is 1. The fourth-order valence-corrected chi connectivity index (χ4v) is 3.37. The summed E-state index contributed by atoms with van der Waals surface area (Å²) in [6, 6.07) is 15.6. The zero-order valence-corrected chi connectivity index (χ0v) is 16.9. The number of benzene rings is 2. The van der Waals surface area contributed by atoms with Crippen LogP contribution in [0.5, 0.6) is 5.75 Å². The summed E-state index contributed by atoms with van der Waals surface area (Å²) in [4.78, 5) is 11.2. The number of aromatic nitrogens is 3. The lowest BCUT2D eigenvalue weighted by Gasteiger charge is -2.13. The molecule has 4 rings (SSSR count). The van der Waals surface area contributed by atoms with Crippen LogP contribution in [0, 0.1) is 0 Å². The molecule has 0 saturated carbocycles. The minimum atomic E-state index is -0.890. The van der Waals surface area contributed by atoms with Gasteiger partial charge in [0, 0.05) is 29.6 Å². The van der Waals surface area contributed by atoms with Crippen molar-refractivity contribution in [3.63, 3.8) is 0 Å². The molecule has 0 unspecified atom stereocenters. The largest absolute Gasteiger partial charge is 0.489 e. The van der Waals surface area contributed by atoms with E-state index in [1.165, 1.54) is 6.26 Å². The van der Waals surface area contributed by atoms with Crippen LogP contribution in [0.25, 0.3) is 10.9 Å². The summed E-state index contributed by atoms with van der Waals surface area (Å²) < 4.78 is 12.8. The Balaban J connectivity index is 1.45. The summed E-state index contributed by atoms with van der Waals surface area (Å²) >= 11 is 0. The second-order valence-corrected chi connectivity index (χ2v) is 7.53. The highest BCUT2D eigenvalue weighted by atomic mass is 16.5. The smallest absolute Gasteiger partial charge is 0.304 e. The van der Waals surface area contributed by atoms with Crippen LogP contribution in [-0.2, 0) is 11.4 Å². The third-order valence-electron chi connectivity index (χ3n) is 5.00. The number of hydrogen-bond donors (Lipinski definition) is 1. The Morgan fingerprint density at radius 2 is 1.97 bits per heavy atom. The molecule has 7 heteroatoms. The first-order valence-corrected chi connectivity index (χ1v) is 9.82. The summed E-state index contributed by atoms with van der Waals surface area (Å²) in [7, 11) is 0. The van der Waals surface area contributed by atoms with Crippen LogP contribution in [-0.4, -0.2) is 26.0 Å². The van der Waals surface area contributed by atoms with Gasteiger partial charge in [-0.05, 0) is 43.2 Å². The molecule has 2 aromatic heterocycles. The lowest BCUT2D eigenvalue weighted by molar-refractivity contribution is -0.137. The fourth-order valence-electron chi connectivity index (χ4n) is 3.37. The predicted molar refractivity (Wildman–Crippen MR) is 111 cm³/mol. The van der Waals surface area contributed by atoms with Gasteiger partial charge in [-0.25, -0.2) is 0 Å². The number of aliphatic carboxylic acids is 1. The minimum absolute atomic E-state index is 0.0597. The van der Waals surface area contributed by atoms with Crippen LogP contribution >= 0.6 is 0 Å². The summed E-state index contributed by atoms with van der Waals surface area (Å²) in [5, 5.41) is 18.8. The topological polar surface area (TPSA) is 90.4 Å². The highest BCUT2D eigenvalue weighted by molar-refractivity contribution is 5.78. The third-order valence-corrected chi connectivity index (χ3v) is 5.00. The number of ether oxygens (including phenoxy) is 1. The van der Waals surface area contributed by atoms with E-state index < -0.39 is 5.97 Å². The van der Waals surface area contributed by atoms with Gasteiger partial charge in [0.25, 0.3) is 0 Å². The predicted octanol–water partition coefficient (Wildman–Crippen LogP) is 4.79. The Hall–Kier alpha value is -3.61. The van der Waals surface area contributed by atoms with Gasteiger partial charge in [-0.1, -0.05) is 29.4 Å². The van der Waals surface area contributed by atoms with E-state index in [1.807, 2.05) is 47.3 Å². The van der Waals surface area contributed by atoms with Crippen LogP contribution in [0.3, 0.4) is 0 Å². The number of hydrogen-bond acceptors (Lipinski definition) is 5.